The zero-order valence-electron chi connectivity index (χ0n) is 13.2. The topological polar surface area (TPSA) is 21.3 Å². The van der Waals surface area contributed by atoms with Crippen molar-refractivity contribution in [1.29, 1.82) is 0 Å². The van der Waals surface area contributed by atoms with E-state index in [9.17, 15) is 4.39 Å². The number of allylic oxidation sites excluding steroid dienone is 1. The van der Waals surface area contributed by atoms with E-state index in [1.54, 1.807) is 12.1 Å². The van der Waals surface area contributed by atoms with Crippen LogP contribution >= 0.6 is 0 Å². The first-order valence-electron chi connectivity index (χ1n) is 7.05. The first-order chi connectivity index (χ1) is 9.31. The van der Waals surface area contributed by atoms with Crippen LogP contribution in [0.1, 0.15) is 39.7 Å². The Morgan fingerprint density at radius 2 is 2.05 bits per heavy atom. The van der Waals surface area contributed by atoms with Crippen LogP contribution in [0.25, 0.3) is 0 Å². The molecule has 0 bridgehead atoms. The monoisotopic (exact) mass is 279 g/mol. The maximum Gasteiger partial charge on any atom is 0.165 e. The summed E-state index contributed by atoms with van der Waals surface area (Å²) in [6.45, 7) is 9.51. The maximum absolute atomic E-state index is 13.6. The molecule has 0 aliphatic carbocycles. The number of hydrogen-bond acceptors (Lipinski definition) is 2. The molecule has 0 saturated carbocycles. The van der Waals surface area contributed by atoms with Gasteiger partial charge in [0.25, 0.3) is 0 Å². The van der Waals surface area contributed by atoms with Gasteiger partial charge in [-0.15, -0.1) is 0 Å². The van der Waals surface area contributed by atoms with E-state index in [1.807, 2.05) is 6.07 Å². The van der Waals surface area contributed by atoms with Gasteiger partial charge in [0.2, 0.25) is 0 Å². The maximum atomic E-state index is 13.6. The fourth-order valence-corrected chi connectivity index (χ4v) is 1.98. The van der Waals surface area contributed by atoms with Crippen molar-refractivity contribution in [2.75, 3.05) is 13.7 Å². The van der Waals surface area contributed by atoms with Gasteiger partial charge in [0.15, 0.2) is 11.6 Å². The van der Waals surface area contributed by atoms with Gasteiger partial charge in [-0.3, -0.25) is 0 Å². The Bertz CT molecular complexity index is 461. The third-order valence-corrected chi connectivity index (χ3v) is 2.99. The number of hydrogen-bond donors (Lipinski definition) is 1. The number of ether oxygens (including phenoxy) is 1. The zero-order valence-corrected chi connectivity index (χ0v) is 13.2. The smallest absolute Gasteiger partial charge is 0.165 e. The van der Waals surface area contributed by atoms with Crippen LogP contribution in [-0.2, 0) is 6.42 Å². The highest BCUT2D eigenvalue weighted by molar-refractivity contribution is 5.31. The number of nitrogens with one attached hydrogen (secondary N) is 1. The third kappa shape index (κ3) is 6.20. The van der Waals surface area contributed by atoms with Crippen molar-refractivity contribution in [3.63, 3.8) is 0 Å². The Hall–Kier alpha value is -1.35. The van der Waals surface area contributed by atoms with Crippen LogP contribution < -0.4 is 10.1 Å². The van der Waals surface area contributed by atoms with E-state index in [0.29, 0.717) is 5.75 Å². The lowest BCUT2D eigenvalue weighted by Crippen LogP contribution is -2.36. The zero-order chi connectivity index (χ0) is 15.2. The highest BCUT2D eigenvalue weighted by Gasteiger charge is 2.07. The molecule has 20 heavy (non-hydrogen) atoms. The van der Waals surface area contributed by atoms with E-state index in [4.69, 9.17) is 4.74 Å². The summed E-state index contributed by atoms with van der Waals surface area (Å²) in [6.07, 6.45) is 3.97. The molecule has 2 nitrogen and oxygen atoms in total. The minimum Gasteiger partial charge on any atom is -0.494 e. The molecule has 0 fully saturated rings. The molecule has 0 aromatic heterocycles. The van der Waals surface area contributed by atoms with Crippen molar-refractivity contribution in [3.8, 4) is 5.75 Å². The molecule has 0 aliphatic rings. The molecule has 0 heterocycles. The Labute approximate surface area is 122 Å². The number of halogens is 1. The SMILES string of the molecule is COc1ccc(CC(C)=CCCNC(C)(C)C)cc1F. The number of methoxy groups -OCH3 is 1. The molecule has 1 N–H and O–H groups in total. The van der Waals surface area contributed by atoms with E-state index in [1.165, 1.54) is 12.7 Å². The summed E-state index contributed by atoms with van der Waals surface area (Å²) < 4.78 is 18.5. The van der Waals surface area contributed by atoms with Crippen molar-refractivity contribution in [3.05, 3.63) is 41.2 Å². The number of rotatable bonds is 6. The predicted octanol–water partition coefficient (Wildman–Crippen LogP) is 4.10. The largest absolute Gasteiger partial charge is 0.494 e. The molecule has 0 amide bonds. The molecule has 0 spiro atoms. The molecule has 3 heteroatoms. The van der Waals surface area contributed by atoms with Crippen molar-refractivity contribution in [2.45, 2.75) is 46.1 Å². The Morgan fingerprint density at radius 3 is 2.60 bits per heavy atom. The molecule has 0 atom stereocenters. The number of benzene rings is 1. The van der Waals surface area contributed by atoms with Gasteiger partial charge in [0, 0.05) is 5.54 Å². The minimum atomic E-state index is -0.299. The van der Waals surface area contributed by atoms with Gasteiger partial charge in [0.1, 0.15) is 0 Å². The summed E-state index contributed by atoms with van der Waals surface area (Å²) in [4.78, 5) is 0. The highest BCUT2D eigenvalue weighted by atomic mass is 19.1. The standard InChI is InChI=1S/C17H26FNO/c1-13(7-6-10-19-17(2,3)4)11-14-8-9-16(20-5)15(18)12-14/h7-9,12,19H,6,10-11H2,1-5H3. The van der Waals surface area contributed by atoms with Crippen LogP contribution in [0.15, 0.2) is 29.8 Å². The Balaban J connectivity index is 2.49. The lowest BCUT2D eigenvalue weighted by molar-refractivity contribution is 0.386. The van der Waals surface area contributed by atoms with Crippen molar-refractivity contribution < 1.29 is 9.13 Å². The molecular formula is C17H26FNO. The summed E-state index contributed by atoms with van der Waals surface area (Å²) >= 11 is 0. The first-order valence-corrected chi connectivity index (χ1v) is 7.05. The summed E-state index contributed by atoms with van der Waals surface area (Å²) in [5, 5.41) is 3.44. The Morgan fingerprint density at radius 1 is 1.35 bits per heavy atom. The van der Waals surface area contributed by atoms with E-state index >= 15 is 0 Å². The molecule has 0 radical (unpaired) electrons. The van der Waals surface area contributed by atoms with Gasteiger partial charge in [0.05, 0.1) is 7.11 Å². The van der Waals surface area contributed by atoms with Gasteiger partial charge in [-0.25, -0.2) is 4.39 Å². The first kappa shape index (κ1) is 16.7. The minimum absolute atomic E-state index is 0.154. The average molecular weight is 279 g/mol. The van der Waals surface area contributed by atoms with E-state index in [2.05, 4.69) is 39.1 Å². The second kappa shape index (κ2) is 7.44. The summed E-state index contributed by atoms with van der Waals surface area (Å²) in [6, 6.07) is 5.13. The molecule has 1 aromatic carbocycles. The normalized spacial score (nSPS) is 12.6. The predicted molar refractivity (Wildman–Crippen MR) is 82.8 cm³/mol. The lowest BCUT2D eigenvalue weighted by atomic mass is 10.0. The summed E-state index contributed by atoms with van der Waals surface area (Å²) in [7, 11) is 1.48. The van der Waals surface area contributed by atoms with Gasteiger partial charge < -0.3 is 10.1 Å². The fourth-order valence-electron chi connectivity index (χ4n) is 1.98. The average Bonchev–Trinajstić information content (AvgIpc) is 2.34. The molecular weight excluding hydrogens is 253 g/mol. The molecule has 1 rings (SSSR count). The second-order valence-corrected chi connectivity index (χ2v) is 6.16. The fraction of sp³-hybridized carbons (Fsp3) is 0.529. The van der Waals surface area contributed by atoms with Crippen molar-refractivity contribution in [1.82, 2.24) is 5.32 Å². The van der Waals surface area contributed by atoms with Crippen molar-refractivity contribution in [2.24, 2.45) is 0 Å². The molecule has 112 valence electrons. The van der Waals surface area contributed by atoms with Crippen LogP contribution in [0.3, 0.4) is 0 Å². The highest BCUT2D eigenvalue weighted by Crippen LogP contribution is 2.19. The molecule has 0 unspecified atom stereocenters. The van der Waals surface area contributed by atoms with Gasteiger partial charge >= 0.3 is 0 Å². The molecule has 0 aliphatic heterocycles. The molecule has 0 saturated heterocycles. The van der Waals surface area contributed by atoms with E-state index in [-0.39, 0.29) is 11.4 Å². The summed E-state index contributed by atoms with van der Waals surface area (Å²) in [5.74, 6) is -0.00282. The van der Waals surface area contributed by atoms with Gasteiger partial charge in [-0.1, -0.05) is 17.7 Å². The van der Waals surface area contributed by atoms with Gasteiger partial charge in [-0.05, 0) is 64.8 Å². The Kier molecular flexibility index (Phi) is 6.21. The van der Waals surface area contributed by atoms with Crippen LogP contribution in [0.4, 0.5) is 4.39 Å². The van der Waals surface area contributed by atoms with Crippen LogP contribution in [-0.4, -0.2) is 19.2 Å². The van der Waals surface area contributed by atoms with Crippen molar-refractivity contribution >= 4 is 0 Å². The lowest BCUT2D eigenvalue weighted by Gasteiger charge is -2.19. The van der Waals surface area contributed by atoms with E-state index < -0.39 is 0 Å². The van der Waals surface area contributed by atoms with Crippen LogP contribution in [0.5, 0.6) is 5.75 Å². The second-order valence-electron chi connectivity index (χ2n) is 6.16. The van der Waals surface area contributed by atoms with Crippen LogP contribution in [0.2, 0.25) is 0 Å². The van der Waals surface area contributed by atoms with Crippen LogP contribution in [0, 0.1) is 5.82 Å². The third-order valence-electron chi connectivity index (χ3n) is 2.99. The molecule has 1 aromatic rings. The quantitative estimate of drug-likeness (QED) is 0.625. The summed E-state index contributed by atoms with van der Waals surface area (Å²) in [5.41, 5.74) is 2.38. The van der Waals surface area contributed by atoms with Gasteiger partial charge in [-0.2, -0.15) is 0 Å². The van der Waals surface area contributed by atoms with E-state index in [0.717, 1.165) is 24.9 Å².